The van der Waals surface area contributed by atoms with Gasteiger partial charge in [-0.15, -0.1) is 0 Å². The van der Waals surface area contributed by atoms with Crippen molar-refractivity contribution in [3.05, 3.63) is 63.1 Å². The number of nitrogens with one attached hydrogen (secondary N) is 1. The lowest BCUT2D eigenvalue weighted by Crippen LogP contribution is -2.12. The summed E-state index contributed by atoms with van der Waals surface area (Å²) in [7, 11) is 0. The van der Waals surface area contributed by atoms with Gasteiger partial charge in [-0.05, 0) is 41.7 Å². The van der Waals surface area contributed by atoms with Gasteiger partial charge in [-0.2, -0.15) is 0 Å². The van der Waals surface area contributed by atoms with Gasteiger partial charge in [-0.3, -0.25) is 0 Å². The molecule has 0 aliphatic rings. The molecular weight excluding hydrogens is 346 g/mol. The Kier molecular flexibility index (Phi) is 5.00. The highest BCUT2D eigenvalue weighted by Gasteiger charge is 2.14. The maximum Gasteiger partial charge on any atom is 0.0638 e. The lowest BCUT2D eigenvalue weighted by molar-refractivity contribution is 0.589. The van der Waals surface area contributed by atoms with Gasteiger partial charge in [0.25, 0.3) is 0 Å². The van der Waals surface area contributed by atoms with Crippen LogP contribution in [0.15, 0.2) is 46.9 Å². The molecule has 112 valence electrons. The van der Waals surface area contributed by atoms with E-state index < -0.39 is 0 Å². The minimum atomic E-state index is 0.183. The second-order valence-electron chi connectivity index (χ2n) is 6.36. The van der Waals surface area contributed by atoms with Crippen molar-refractivity contribution in [2.75, 3.05) is 5.32 Å². The molecule has 0 heterocycles. The van der Waals surface area contributed by atoms with Crippen LogP contribution in [0.1, 0.15) is 44.9 Å². The van der Waals surface area contributed by atoms with Gasteiger partial charge in [0, 0.05) is 10.5 Å². The van der Waals surface area contributed by atoms with Crippen molar-refractivity contribution < 1.29 is 0 Å². The topological polar surface area (TPSA) is 12.0 Å². The molecular formula is C18H21BrClN. The first-order valence-corrected chi connectivity index (χ1v) is 8.26. The van der Waals surface area contributed by atoms with Crippen molar-refractivity contribution in [1.29, 1.82) is 0 Å². The molecule has 0 aliphatic carbocycles. The first-order valence-electron chi connectivity index (χ1n) is 7.09. The highest BCUT2D eigenvalue weighted by Crippen LogP contribution is 2.30. The van der Waals surface area contributed by atoms with E-state index in [1.165, 1.54) is 11.1 Å². The van der Waals surface area contributed by atoms with E-state index in [1.54, 1.807) is 0 Å². The van der Waals surface area contributed by atoms with Gasteiger partial charge >= 0.3 is 0 Å². The van der Waals surface area contributed by atoms with Crippen molar-refractivity contribution >= 4 is 33.2 Å². The van der Waals surface area contributed by atoms with Crippen molar-refractivity contribution in [2.45, 2.75) is 39.2 Å². The molecule has 0 radical (unpaired) electrons. The largest absolute Gasteiger partial charge is 0.377 e. The molecule has 1 nitrogen and oxygen atoms in total. The first kappa shape index (κ1) is 16.4. The van der Waals surface area contributed by atoms with Crippen LogP contribution < -0.4 is 5.32 Å². The molecule has 0 fully saturated rings. The number of anilines is 1. The van der Waals surface area contributed by atoms with Crippen LogP contribution in [0.4, 0.5) is 5.69 Å². The Morgan fingerprint density at radius 1 is 1.05 bits per heavy atom. The predicted octanol–water partition coefficient (Wildman–Crippen LogP) is 6.57. The Hall–Kier alpha value is -0.990. The fourth-order valence-corrected chi connectivity index (χ4v) is 2.73. The minimum Gasteiger partial charge on any atom is -0.377 e. The second kappa shape index (κ2) is 6.41. The molecule has 0 aliphatic heterocycles. The number of benzene rings is 2. The van der Waals surface area contributed by atoms with Crippen LogP contribution >= 0.6 is 27.5 Å². The van der Waals surface area contributed by atoms with Crippen LogP contribution in [0, 0.1) is 0 Å². The van der Waals surface area contributed by atoms with Gasteiger partial charge in [0.1, 0.15) is 0 Å². The summed E-state index contributed by atoms with van der Waals surface area (Å²) in [4.78, 5) is 0. The van der Waals surface area contributed by atoms with Crippen LogP contribution in [-0.2, 0) is 5.41 Å². The summed E-state index contributed by atoms with van der Waals surface area (Å²) in [6.45, 7) is 8.82. The summed E-state index contributed by atoms with van der Waals surface area (Å²) in [6, 6.07) is 14.8. The number of rotatable bonds is 3. The fraction of sp³-hybridized carbons (Fsp3) is 0.333. The molecule has 21 heavy (non-hydrogen) atoms. The van der Waals surface area contributed by atoms with Crippen LogP contribution in [0.5, 0.6) is 0 Å². The van der Waals surface area contributed by atoms with Crippen molar-refractivity contribution in [1.82, 2.24) is 0 Å². The Morgan fingerprint density at radius 3 is 2.24 bits per heavy atom. The highest BCUT2D eigenvalue weighted by atomic mass is 79.9. The summed E-state index contributed by atoms with van der Waals surface area (Å²) in [5.41, 5.74) is 3.72. The van der Waals surface area contributed by atoms with Crippen molar-refractivity contribution in [2.24, 2.45) is 0 Å². The number of hydrogen-bond acceptors (Lipinski definition) is 1. The minimum absolute atomic E-state index is 0.183. The predicted molar refractivity (Wildman–Crippen MR) is 96.3 cm³/mol. The zero-order chi connectivity index (χ0) is 15.6. The highest BCUT2D eigenvalue weighted by molar-refractivity contribution is 9.10. The Labute approximate surface area is 140 Å². The van der Waals surface area contributed by atoms with Gasteiger partial charge in [0.15, 0.2) is 0 Å². The summed E-state index contributed by atoms with van der Waals surface area (Å²) in [5.74, 6) is 0. The zero-order valence-electron chi connectivity index (χ0n) is 12.9. The Morgan fingerprint density at radius 2 is 1.67 bits per heavy atom. The lowest BCUT2D eigenvalue weighted by atomic mass is 9.86. The maximum absolute atomic E-state index is 6.23. The van der Waals surface area contributed by atoms with Gasteiger partial charge < -0.3 is 5.32 Å². The van der Waals surface area contributed by atoms with E-state index in [4.69, 9.17) is 11.6 Å². The lowest BCUT2D eigenvalue weighted by Gasteiger charge is -2.21. The molecule has 3 heteroatoms. The van der Waals surface area contributed by atoms with Crippen LogP contribution in [-0.4, -0.2) is 0 Å². The average molecular weight is 367 g/mol. The van der Waals surface area contributed by atoms with E-state index in [2.05, 4.69) is 73.2 Å². The number of hydrogen-bond donors (Lipinski definition) is 1. The summed E-state index contributed by atoms with van der Waals surface area (Å²) < 4.78 is 1.02. The third-order valence-electron chi connectivity index (χ3n) is 3.58. The molecule has 1 N–H and O–H groups in total. The molecule has 0 aromatic heterocycles. The fourth-order valence-electron chi connectivity index (χ4n) is 2.20. The van der Waals surface area contributed by atoms with E-state index in [-0.39, 0.29) is 11.5 Å². The molecule has 2 aromatic carbocycles. The zero-order valence-corrected chi connectivity index (χ0v) is 15.2. The van der Waals surface area contributed by atoms with Gasteiger partial charge in [-0.25, -0.2) is 0 Å². The molecule has 1 atom stereocenters. The van der Waals surface area contributed by atoms with Crippen LogP contribution in [0.3, 0.4) is 0 Å². The van der Waals surface area contributed by atoms with Crippen LogP contribution in [0.2, 0.25) is 5.02 Å². The van der Waals surface area contributed by atoms with E-state index in [9.17, 15) is 0 Å². The number of halogens is 2. The summed E-state index contributed by atoms with van der Waals surface area (Å²) in [6.07, 6.45) is 0. The quantitative estimate of drug-likeness (QED) is 0.647. The summed E-state index contributed by atoms with van der Waals surface area (Å²) >= 11 is 9.70. The van der Waals surface area contributed by atoms with Gasteiger partial charge in [-0.1, -0.05) is 72.6 Å². The molecule has 0 spiro atoms. The third kappa shape index (κ3) is 4.24. The van der Waals surface area contributed by atoms with Crippen molar-refractivity contribution in [3.8, 4) is 0 Å². The Balaban J connectivity index is 2.17. The molecule has 2 aromatic rings. The smallest absolute Gasteiger partial charge is 0.0638 e. The molecule has 0 saturated carbocycles. The molecule has 0 saturated heterocycles. The molecule has 1 unspecified atom stereocenters. The normalized spacial score (nSPS) is 13.0. The van der Waals surface area contributed by atoms with Crippen molar-refractivity contribution in [3.63, 3.8) is 0 Å². The van der Waals surface area contributed by atoms with Crippen LogP contribution in [0.25, 0.3) is 0 Å². The second-order valence-corrected chi connectivity index (χ2v) is 7.69. The van der Waals surface area contributed by atoms with E-state index in [0.717, 1.165) is 15.2 Å². The van der Waals surface area contributed by atoms with Gasteiger partial charge in [0.05, 0.1) is 10.7 Å². The molecule has 0 amide bonds. The maximum atomic E-state index is 6.23. The van der Waals surface area contributed by atoms with Gasteiger partial charge in [0.2, 0.25) is 0 Å². The monoisotopic (exact) mass is 365 g/mol. The van der Waals surface area contributed by atoms with E-state index in [1.807, 2.05) is 18.2 Å². The molecule has 2 rings (SSSR count). The summed E-state index contributed by atoms with van der Waals surface area (Å²) in [5, 5.41) is 4.20. The Bertz CT molecular complexity index is 614. The van der Waals surface area contributed by atoms with E-state index >= 15 is 0 Å². The average Bonchev–Trinajstić information content (AvgIpc) is 2.42. The third-order valence-corrected chi connectivity index (χ3v) is 4.40. The SMILES string of the molecule is CC(Nc1cc(Br)ccc1Cl)c1ccc(C(C)(C)C)cc1. The molecule has 0 bridgehead atoms. The first-order chi connectivity index (χ1) is 9.77. The van der Waals surface area contributed by atoms with E-state index in [0.29, 0.717) is 0 Å². The standard InChI is InChI=1S/C18H21BrClN/c1-12(21-17-11-15(19)9-10-16(17)20)13-5-7-14(8-6-13)18(2,3)4/h5-12,21H,1-4H3.